The summed E-state index contributed by atoms with van der Waals surface area (Å²) in [4.78, 5) is 3.65. The van der Waals surface area contributed by atoms with E-state index in [2.05, 4.69) is 10.2 Å². The average molecular weight is 254 g/mol. The van der Waals surface area contributed by atoms with Gasteiger partial charge in [-0.3, -0.25) is 0 Å². The standard InChI is InChI=1S/C13H19FN2S/c14-12-2-4-13(5-3-12)17-11-10-16-8-1-6-15-7-9-16/h2-5,15H,1,6-11H2. The van der Waals surface area contributed by atoms with Crippen molar-refractivity contribution in [2.24, 2.45) is 0 Å². The van der Waals surface area contributed by atoms with Gasteiger partial charge in [-0.15, -0.1) is 11.8 Å². The first-order chi connectivity index (χ1) is 8.34. The lowest BCUT2D eigenvalue weighted by molar-refractivity contribution is 0.311. The molecule has 1 aliphatic heterocycles. The Labute approximate surface area is 107 Å². The minimum Gasteiger partial charge on any atom is -0.315 e. The maximum absolute atomic E-state index is 12.7. The molecule has 1 saturated heterocycles. The molecule has 1 heterocycles. The highest BCUT2D eigenvalue weighted by molar-refractivity contribution is 7.99. The van der Waals surface area contributed by atoms with Gasteiger partial charge >= 0.3 is 0 Å². The Morgan fingerprint density at radius 3 is 2.82 bits per heavy atom. The summed E-state index contributed by atoms with van der Waals surface area (Å²) in [5, 5.41) is 3.40. The Hall–Kier alpha value is -0.580. The first-order valence-corrected chi connectivity index (χ1v) is 7.14. The lowest BCUT2D eigenvalue weighted by atomic mass is 10.4. The Morgan fingerprint density at radius 1 is 1.18 bits per heavy atom. The average Bonchev–Trinajstić information content (AvgIpc) is 2.60. The third-order valence-electron chi connectivity index (χ3n) is 2.92. The number of rotatable bonds is 4. The highest BCUT2D eigenvalue weighted by Gasteiger charge is 2.07. The molecule has 1 fully saturated rings. The van der Waals surface area contributed by atoms with Crippen LogP contribution in [-0.2, 0) is 0 Å². The van der Waals surface area contributed by atoms with Crippen LogP contribution in [0.5, 0.6) is 0 Å². The molecule has 0 amide bonds. The fourth-order valence-electron chi connectivity index (χ4n) is 1.95. The zero-order valence-corrected chi connectivity index (χ0v) is 10.8. The molecule has 17 heavy (non-hydrogen) atoms. The van der Waals surface area contributed by atoms with Gasteiger partial charge in [0, 0.05) is 30.3 Å². The predicted octanol–water partition coefficient (Wildman–Crippen LogP) is 2.21. The van der Waals surface area contributed by atoms with Crippen LogP contribution in [0.2, 0.25) is 0 Å². The van der Waals surface area contributed by atoms with Crippen LogP contribution in [-0.4, -0.2) is 43.4 Å². The second kappa shape index (κ2) is 6.99. The molecular weight excluding hydrogens is 235 g/mol. The second-order valence-corrected chi connectivity index (χ2v) is 5.42. The second-order valence-electron chi connectivity index (χ2n) is 4.25. The van der Waals surface area contributed by atoms with Gasteiger partial charge in [0.15, 0.2) is 0 Å². The zero-order chi connectivity index (χ0) is 11.9. The molecule has 2 nitrogen and oxygen atoms in total. The topological polar surface area (TPSA) is 15.3 Å². The third kappa shape index (κ3) is 4.66. The number of benzene rings is 1. The van der Waals surface area contributed by atoms with Gasteiger partial charge in [-0.1, -0.05) is 0 Å². The Bertz CT molecular complexity index is 321. The van der Waals surface area contributed by atoms with Crippen LogP contribution in [0.4, 0.5) is 4.39 Å². The van der Waals surface area contributed by atoms with Crippen LogP contribution in [0.1, 0.15) is 6.42 Å². The normalized spacial score (nSPS) is 17.9. The highest BCUT2D eigenvalue weighted by atomic mass is 32.2. The Balaban J connectivity index is 1.69. The van der Waals surface area contributed by atoms with Crippen molar-refractivity contribution in [1.82, 2.24) is 10.2 Å². The van der Waals surface area contributed by atoms with Gasteiger partial charge in [0.1, 0.15) is 5.82 Å². The fourth-order valence-corrected chi connectivity index (χ4v) is 2.86. The van der Waals surface area contributed by atoms with Crippen molar-refractivity contribution in [3.8, 4) is 0 Å². The molecule has 0 bridgehead atoms. The molecule has 0 spiro atoms. The molecule has 0 atom stereocenters. The first kappa shape index (κ1) is 12.9. The van der Waals surface area contributed by atoms with Crippen molar-refractivity contribution in [1.29, 1.82) is 0 Å². The van der Waals surface area contributed by atoms with Crippen molar-refractivity contribution in [3.05, 3.63) is 30.1 Å². The molecule has 1 N–H and O–H groups in total. The minimum absolute atomic E-state index is 0.159. The molecule has 2 rings (SSSR count). The Kier molecular flexibility index (Phi) is 5.29. The fraction of sp³-hybridized carbons (Fsp3) is 0.538. The summed E-state index contributed by atoms with van der Waals surface area (Å²) in [6.45, 7) is 5.69. The summed E-state index contributed by atoms with van der Waals surface area (Å²) >= 11 is 1.80. The first-order valence-electron chi connectivity index (χ1n) is 6.16. The molecular formula is C13H19FN2S. The summed E-state index contributed by atoms with van der Waals surface area (Å²) < 4.78 is 12.7. The molecule has 1 aliphatic rings. The van der Waals surface area contributed by atoms with Crippen LogP contribution < -0.4 is 5.32 Å². The van der Waals surface area contributed by atoms with Crippen molar-refractivity contribution < 1.29 is 4.39 Å². The van der Waals surface area contributed by atoms with Crippen molar-refractivity contribution in [3.63, 3.8) is 0 Å². The molecule has 0 saturated carbocycles. The molecule has 1 aromatic rings. The van der Waals surface area contributed by atoms with Gasteiger partial charge < -0.3 is 10.2 Å². The lowest BCUT2D eigenvalue weighted by Gasteiger charge is -2.18. The molecule has 0 radical (unpaired) electrons. The minimum atomic E-state index is -0.159. The van der Waals surface area contributed by atoms with Crippen LogP contribution >= 0.6 is 11.8 Å². The monoisotopic (exact) mass is 254 g/mol. The summed E-state index contributed by atoms with van der Waals surface area (Å²) in [6.07, 6.45) is 1.24. The molecule has 0 aromatic heterocycles. The zero-order valence-electron chi connectivity index (χ0n) is 9.99. The van der Waals surface area contributed by atoms with E-state index >= 15 is 0 Å². The molecule has 4 heteroatoms. The lowest BCUT2D eigenvalue weighted by Crippen LogP contribution is -2.30. The SMILES string of the molecule is Fc1ccc(SCCN2CCCNCC2)cc1. The van der Waals surface area contributed by atoms with Crippen molar-refractivity contribution in [2.75, 3.05) is 38.5 Å². The van der Waals surface area contributed by atoms with E-state index in [-0.39, 0.29) is 5.82 Å². The van der Waals surface area contributed by atoms with E-state index in [0.29, 0.717) is 0 Å². The van der Waals surface area contributed by atoms with Gasteiger partial charge in [-0.05, 0) is 43.8 Å². The van der Waals surface area contributed by atoms with Crippen molar-refractivity contribution >= 4 is 11.8 Å². The van der Waals surface area contributed by atoms with Gasteiger partial charge in [0.05, 0.1) is 0 Å². The number of thioether (sulfide) groups is 1. The van der Waals surface area contributed by atoms with Crippen LogP contribution in [0, 0.1) is 5.82 Å². The Morgan fingerprint density at radius 2 is 2.00 bits per heavy atom. The van der Waals surface area contributed by atoms with E-state index in [9.17, 15) is 4.39 Å². The van der Waals surface area contributed by atoms with E-state index in [1.165, 1.54) is 25.1 Å². The van der Waals surface area contributed by atoms with Crippen LogP contribution in [0.15, 0.2) is 29.2 Å². The number of hydrogen-bond acceptors (Lipinski definition) is 3. The third-order valence-corrected chi connectivity index (χ3v) is 3.91. The van der Waals surface area contributed by atoms with E-state index in [1.807, 2.05) is 12.1 Å². The predicted molar refractivity (Wildman–Crippen MR) is 71.1 cm³/mol. The molecule has 0 aliphatic carbocycles. The highest BCUT2D eigenvalue weighted by Crippen LogP contribution is 2.18. The number of halogens is 1. The van der Waals surface area contributed by atoms with Gasteiger partial charge in [-0.25, -0.2) is 4.39 Å². The van der Waals surface area contributed by atoms with E-state index in [0.717, 1.165) is 36.8 Å². The molecule has 1 aromatic carbocycles. The summed E-state index contributed by atoms with van der Waals surface area (Å²) in [6, 6.07) is 6.75. The van der Waals surface area contributed by atoms with Gasteiger partial charge in [0.2, 0.25) is 0 Å². The van der Waals surface area contributed by atoms with Crippen molar-refractivity contribution in [2.45, 2.75) is 11.3 Å². The van der Waals surface area contributed by atoms with Crippen LogP contribution in [0.25, 0.3) is 0 Å². The number of hydrogen-bond donors (Lipinski definition) is 1. The number of nitrogens with one attached hydrogen (secondary N) is 1. The molecule has 0 unspecified atom stereocenters. The summed E-state index contributed by atoms with van der Waals surface area (Å²) in [5.41, 5.74) is 0. The maximum atomic E-state index is 12.7. The smallest absolute Gasteiger partial charge is 0.123 e. The summed E-state index contributed by atoms with van der Waals surface area (Å²) in [7, 11) is 0. The largest absolute Gasteiger partial charge is 0.315 e. The van der Waals surface area contributed by atoms with E-state index in [4.69, 9.17) is 0 Å². The van der Waals surface area contributed by atoms with Gasteiger partial charge in [-0.2, -0.15) is 0 Å². The summed E-state index contributed by atoms with van der Waals surface area (Å²) in [5.74, 6) is 0.916. The van der Waals surface area contributed by atoms with E-state index in [1.54, 1.807) is 11.8 Å². The maximum Gasteiger partial charge on any atom is 0.123 e. The van der Waals surface area contributed by atoms with Crippen LogP contribution in [0.3, 0.4) is 0 Å². The quantitative estimate of drug-likeness (QED) is 0.829. The van der Waals surface area contributed by atoms with E-state index < -0.39 is 0 Å². The van der Waals surface area contributed by atoms with Gasteiger partial charge in [0.25, 0.3) is 0 Å². The number of nitrogens with zero attached hydrogens (tertiary/aromatic N) is 1. The molecule has 94 valence electrons.